The van der Waals surface area contributed by atoms with E-state index in [2.05, 4.69) is 26.0 Å². The van der Waals surface area contributed by atoms with Gasteiger partial charge in [0.15, 0.2) is 0 Å². The van der Waals surface area contributed by atoms with Crippen molar-refractivity contribution < 1.29 is 14.3 Å². The second kappa shape index (κ2) is 7.56. The molecule has 4 nitrogen and oxygen atoms in total. The summed E-state index contributed by atoms with van der Waals surface area (Å²) in [7, 11) is 1.34. The van der Waals surface area contributed by atoms with Crippen molar-refractivity contribution in [3.8, 4) is 0 Å². The molecule has 0 radical (unpaired) electrons. The molecule has 0 spiro atoms. The first kappa shape index (κ1) is 16.0. The predicted molar refractivity (Wildman–Crippen MR) is 89.6 cm³/mol. The summed E-state index contributed by atoms with van der Waals surface area (Å²) in [5.41, 5.74) is 2.01. The lowest BCUT2D eigenvalue weighted by Gasteiger charge is -2.02. The maximum Gasteiger partial charge on any atom is 0.337 e. The zero-order chi connectivity index (χ0) is 15.9. The van der Waals surface area contributed by atoms with Crippen LogP contribution in [0.1, 0.15) is 15.9 Å². The van der Waals surface area contributed by atoms with E-state index < -0.39 is 0 Å². The van der Waals surface area contributed by atoms with Crippen LogP contribution in [0.4, 0.5) is 5.69 Å². The highest BCUT2D eigenvalue weighted by molar-refractivity contribution is 9.10. The summed E-state index contributed by atoms with van der Waals surface area (Å²) in [6, 6.07) is 14.1. The number of benzene rings is 2. The van der Waals surface area contributed by atoms with Crippen molar-refractivity contribution in [3.05, 3.63) is 70.2 Å². The molecule has 0 fully saturated rings. The summed E-state index contributed by atoms with van der Waals surface area (Å²) in [5.74, 6) is -0.608. The Bertz CT molecular complexity index is 691. The van der Waals surface area contributed by atoms with Crippen molar-refractivity contribution in [3.63, 3.8) is 0 Å². The van der Waals surface area contributed by atoms with Crippen molar-refractivity contribution in [1.29, 1.82) is 0 Å². The smallest absolute Gasteiger partial charge is 0.337 e. The van der Waals surface area contributed by atoms with Crippen LogP contribution in [0.15, 0.2) is 59.1 Å². The molecule has 0 aliphatic heterocycles. The van der Waals surface area contributed by atoms with E-state index in [4.69, 9.17) is 0 Å². The molecule has 0 atom stereocenters. The van der Waals surface area contributed by atoms with Crippen molar-refractivity contribution in [2.75, 3.05) is 12.4 Å². The summed E-state index contributed by atoms with van der Waals surface area (Å²) in [6.07, 6.45) is 3.12. The van der Waals surface area contributed by atoms with E-state index in [9.17, 15) is 9.59 Å². The third-order valence-corrected chi connectivity index (χ3v) is 3.40. The fourth-order valence-corrected chi connectivity index (χ4v) is 2.00. The monoisotopic (exact) mass is 359 g/mol. The summed E-state index contributed by atoms with van der Waals surface area (Å²) >= 11 is 3.33. The van der Waals surface area contributed by atoms with Gasteiger partial charge in [0.25, 0.3) is 0 Å². The second-order valence-electron chi connectivity index (χ2n) is 4.44. The number of anilines is 1. The van der Waals surface area contributed by atoms with Gasteiger partial charge < -0.3 is 10.1 Å². The number of hydrogen-bond acceptors (Lipinski definition) is 3. The first-order valence-corrected chi connectivity index (χ1v) is 7.31. The first-order chi connectivity index (χ1) is 10.6. The topological polar surface area (TPSA) is 55.4 Å². The summed E-state index contributed by atoms with van der Waals surface area (Å²) in [6.45, 7) is 0. The second-order valence-corrected chi connectivity index (χ2v) is 5.36. The molecule has 0 heterocycles. The normalized spacial score (nSPS) is 10.5. The third-order valence-electron chi connectivity index (χ3n) is 2.87. The lowest BCUT2D eigenvalue weighted by atomic mass is 10.1. The van der Waals surface area contributed by atoms with Crippen LogP contribution in [0.3, 0.4) is 0 Å². The quantitative estimate of drug-likeness (QED) is 0.665. The van der Waals surface area contributed by atoms with E-state index in [0.717, 1.165) is 15.7 Å². The molecule has 1 N–H and O–H groups in total. The van der Waals surface area contributed by atoms with Crippen LogP contribution < -0.4 is 5.32 Å². The predicted octanol–water partition coefficient (Wildman–Crippen LogP) is 3.89. The van der Waals surface area contributed by atoms with Gasteiger partial charge in [-0.05, 0) is 48.0 Å². The Morgan fingerprint density at radius 3 is 2.27 bits per heavy atom. The number of nitrogens with one attached hydrogen (secondary N) is 1. The number of ether oxygens (including phenoxy) is 1. The number of rotatable bonds is 4. The van der Waals surface area contributed by atoms with E-state index in [0.29, 0.717) is 5.56 Å². The molecule has 0 aliphatic rings. The first-order valence-electron chi connectivity index (χ1n) is 6.51. The molecule has 22 heavy (non-hydrogen) atoms. The van der Waals surface area contributed by atoms with Gasteiger partial charge in [0.1, 0.15) is 0 Å². The highest BCUT2D eigenvalue weighted by Gasteiger charge is 2.03. The number of amides is 1. The lowest BCUT2D eigenvalue weighted by molar-refractivity contribution is -0.111. The van der Waals surface area contributed by atoms with Gasteiger partial charge in [0.05, 0.1) is 12.7 Å². The highest BCUT2D eigenvalue weighted by atomic mass is 79.9. The van der Waals surface area contributed by atoms with E-state index >= 15 is 0 Å². The average molecular weight is 360 g/mol. The maximum absolute atomic E-state index is 11.8. The van der Waals surface area contributed by atoms with Crippen molar-refractivity contribution in [2.45, 2.75) is 0 Å². The molecule has 2 aromatic rings. The van der Waals surface area contributed by atoms with Crippen molar-refractivity contribution >= 4 is 39.6 Å². The van der Waals surface area contributed by atoms with Crippen molar-refractivity contribution in [1.82, 2.24) is 0 Å². The molecule has 2 aromatic carbocycles. The van der Waals surface area contributed by atoms with E-state index in [1.807, 2.05) is 12.1 Å². The van der Waals surface area contributed by atoms with Gasteiger partial charge in [0, 0.05) is 16.2 Å². The Morgan fingerprint density at radius 1 is 1.05 bits per heavy atom. The van der Waals surface area contributed by atoms with E-state index in [1.165, 1.54) is 13.2 Å². The lowest BCUT2D eigenvalue weighted by Crippen LogP contribution is -2.07. The van der Waals surface area contributed by atoms with E-state index in [1.54, 1.807) is 42.5 Å². The van der Waals surface area contributed by atoms with Gasteiger partial charge in [0.2, 0.25) is 5.91 Å². The van der Waals surface area contributed by atoms with Crippen LogP contribution >= 0.6 is 15.9 Å². The molecule has 112 valence electrons. The van der Waals surface area contributed by atoms with Gasteiger partial charge >= 0.3 is 5.97 Å². The molecule has 0 saturated carbocycles. The standard InChI is InChI=1S/C17H14BrNO3/c1-22-17(21)13-5-2-12(3-6-13)4-11-16(20)19-15-9-7-14(18)8-10-15/h2-11H,1H3,(H,19,20)/b11-4+. The van der Waals surface area contributed by atoms with Gasteiger partial charge in [-0.3, -0.25) is 4.79 Å². The summed E-state index contributed by atoms with van der Waals surface area (Å²) in [4.78, 5) is 23.1. The fourth-order valence-electron chi connectivity index (χ4n) is 1.74. The van der Waals surface area contributed by atoms with Gasteiger partial charge in [-0.2, -0.15) is 0 Å². The molecule has 1 amide bonds. The zero-order valence-corrected chi connectivity index (χ0v) is 13.5. The van der Waals surface area contributed by atoms with E-state index in [-0.39, 0.29) is 11.9 Å². The summed E-state index contributed by atoms with van der Waals surface area (Å²) in [5, 5.41) is 2.76. The Kier molecular flexibility index (Phi) is 5.49. The van der Waals surface area contributed by atoms with Crippen molar-refractivity contribution in [2.24, 2.45) is 0 Å². The SMILES string of the molecule is COC(=O)c1ccc(/C=C/C(=O)Nc2ccc(Br)cc2)cc1. The van der Waals surface area contributed by atoms with Crippen LogP contribution in [-0.4, -0.2) is 19.0 Å². The minimum Gasteiger partial charge on any atom is -0.465 e. The minimum atomic E-state index is -0.386. The molecule has 0 aliphatic carbocycles. The molecule has 0 bridgehead atoms. The van der Waals surface area contributed by atoms with Gasteiger partial charge in [-0.25, -0.2) is 4.79 Å². The Labute approximate surface area is 136 Å². The molecule has 0 aromatic heterocycles. The molecule has 5 heteroatoms. The number of halogens is 1. The highest BCUT2D eigenvalue weighted by Crippen LogP contribution is 2.14. The Morgan fingerprint density at radius 2 is 1.68 bits per heavy atom. The average Bonchev–Trinajstić information content (AvgIpc) is 2.55. The molecule has 0 unspecified atom stereocenters. The van der Waals surface area contributed by atoms with Crippen LogP contribution in [0.25, 0.3) is 6.08 Å². The number of hydrogen-bond donors (Lipinski definition) is 1. The van der Waals surface area contributed by atoms with Crippen LogP contribution in [0, 0.1) is 0 Å². The Balaban J connectivity index is 1.97. The van der Waals surface area contributed by atoms with Gasteiger partial charge in [-0.15, -0.1) is 0 Å². The van der Waals surface area contributed by atoms with Crippen LogP contribution in [0.2, 0.25) is 0 Å². The number of methoxy groups -OCH3 is 1. The number of esters is 1. The Hall–Kier alpha value is -2.40. The molecule has 2 rings (SSSR count). The largest absolute Gasteiger partial charge is 0.465 e. The maximum atomic E-state index is 11.8. The van der Waals surface area contributed by atoms with Crippen LogP contribution in [-0.2, 0) is 9.53 Å². The van der Waals surface area contributed by atoms with Crippen LogP contribution in [0.5, 0.6) is 0 Å². The molecular formula is C17H14BrNO3. The third kappa shape index (κ3) is 4.56. The molecule has 0 saturated heterocycles. The fraction of sp³-hybridized carbons (Fsp3) is 0.0588. The summed E-state index contributed by atoms with van der Waals surface area (Å²) < 4.78 is 5.58. The van der Waals surface area contributed by atoms with Gasteiger partial charge in [-0.1, -0.05) is 28.1 Å². The number of carbonyl (C=O) groups excluding carboxylic acids is 2. The molecular weight excluding hydrogens is 346 g/mol. The minimum absolute atomic E-state index is 0.223. The number of carbonyl (C=O) groups is 2. The zero-order valence-electron chi connectivity index (χ0n) is 11.9.